The van der Waals surface area contributed by atoms with Crippen molar-refractivity contribution in [3.8, 4) is 0 Å². The van der Waals surface area contributed by atoms with Gasteiger partial charge in [-0.2, -0.15) is 0 Å². The molecule has 0 aromatic heterocycles. The van der Waals surface area contributed by atoms with E-state index in [0.29, 0.717) is 0 Å². The third-order valence-electron chi connectivity index (χ3n) is 3.07. The molecule has 1 saturated carbocycles. The molecule has 0 spiro atoms. The minimum atomic E-state index is -1.09. The number of aliphatic carboxylic acids is 1. The van der Waals surface area contributed by atoms with Gasteiger partial charge in [0.25, 0.3) is 11.6 Å². The van der Waals surface area contributed by atoms with Crippen LogP contribution >= 0.6 is 15.9 Å². The topological polar surface area (TPSA) is 110 Å². The third-order valence-corrected chi connectivity index (χ3v) is 3.90. The molecule has 1 atom stereocenters. The lowest BCUT2D eigenvalue weighted by molar-refractivity contribution is -0.385. The minimum absolute atomic E-state index is 0.0439. The van der Waals surface area contributed by atoms with E-state index in [2.05, 4.69) is 21.2 Å². The summed E-state index contributed by atoms with van der Waals surface area (Å²) in [6.45, 7) is 0. The summed E-state index contributed by atoms with van der Waals surface area (Å²) in [6.07, 6.45) is 1.51. The summed E-state index contributed by atoms with van der Waals surface area (Å²) in [6, 6.07) is 3.09. The SMILES string of the molecule is O=C(NC(C(=O)O)C1CC1)c1cccc([N+](=O)[O-])c1Br. The number of rotatable bonds is 5. The first kappa shape index (κ1) is 14.4. The van der Waals surface area contributed by atoms with E-state index in [0.717, 1.165) is 12.8 Å². The van der Waals surface area contributed by atoms with Crippen molar-refractivity contribution in [1.82, 2.24) is 5.32 Å². The van der Waals surface area contributed by atoms with Crippen molar-refractivity contribution in [2.45, 2.75) is 18.9 Å². The van der Waals surface area contributed by atoms with E-state index in [9.17, 15) is 19.7 Å². The lowest BCUT2D eigenvalue weighted by atomic mass is 10.1. The van der Waals surface area contributed by atoms with Crippen LogP contribution in [0, 0.1) is 16.0 Å². The summed E-state index contributed by atoms with van der Waals surface area (Å²) < 4.78 is 0.0439. The van der Waals surface area contributed by atoms with Crippen molar-refractivity contribution >= 4 is 33.5 Å². The molecule has 0 radical (unpaired) electrons. The van der Waals surface area contributed by atoms with Crippen LogP contribution < -0.4 is 5.32 Å². The first-order valence-electron chi connectivity index (χ1n) is 5.88. The highest BCUT2D eigenvalue weighted by atomic mass is 79.9. The molecule has 1 unspecified atom stereocenters. The van der Waals surface area contributed by atoms with Crippen LogP contribution in [-0.2, 0) is 4.79 Å². The average Bonchev–Trinajstić information content (AvgIpc) is 3.19. The summed E-state index contributed by atoms with van der Waals surface area (Å²) in [5.41, 5.74) is -0.193. The summed E-state index contributed by atoms with van der Waals surface area (Å²) in [5.74, 6) is -1.80. The van der Waals surface area contributed by atoms with Crippen molar-refractivity contribution in [3.63, 3.8) is 0 Å². The summed E-state index contributed by atoms with van der Waals surface area (Å²) in [7, 11) is 0. The van der Waals surface area contributed by atoms with Crippen molar-refractivity contribution in [3.05, 3.63) is 38.3 Å². The molecule has 1 aromatic carbocycles. The summed E-state index contributed by atoms with van der Waals surface area (Å²) >= 11 is 3.01. The Balaban J connectivity index is 2.23. The molecule has 0 bridgehead atoms. The lowest BCUT2D eigenvalue weighted by Gasteiger charge is -2.14. The molecule has 1 fully saturated rings. The van der Waals surface area contributed by atoms with E-state index >= 15 is 0 Å². The smallest absolute Gasteiger partial charge is 0.326 e. The highest BCUT2D eigenvalue weighted by Crippen LogP contribution is 2.33. The van der Waals surface area contributed by atoms with E-state index in [-0.39, 0.29) is 21.6 Å². The van der Waals surface area contributed by atoms with Gasteiger partial charge in [0, 0.05) is 6.07 Å². The fraction of sp³-hybridized carbons (Fsp3) is 0.333. The molecule has 7 nitrogen and oxygen atoms in total. The zero-order valence-corrected chi connectivity index (χ0v) is 11.8. The van der Waals surface area contributed by atoms with E-state index < -0.39 is 22.8 Å². The predicted octanol–water partition coefficient (Wildman–Crippen LogP) is 1.95. The number of carboxylic acid groups (broad SMARTS) is 1. The van der Waals surface area contributed by atoms with Gasteiger partial charge < -0.3 is 10.4 Å². The number of hydrogen-bond donors (Lipinski definition) is 2. The quantitative estimate of drug-likeness (QED) is 0.627. The molecule has 106 valence electrons. The number of benzene rings is 1. The fourth-order valence-corrected chi connectivity index (χ4v) is 2.46. The van der Waals surface area contributed by atoms with Crippen LogP contribution in [0.15, 0.2) is 22.7 Å². The second-order valence-electron chi connectivity index (χ2n) is 4.52. The molecule has 1 aromatic rings. The van der Waals surface area contributed by atoms with Crippen molar-refractivity contribution in [2.75, 3.05) is 0 Å². The minimum Gasteiger partial charge on any atom is -0.480 e. The van der Waals surface area contributed by atoms with Crippen LogP contribution in [0.1, 0.15) is 23.2 Å². The second kappa shape index (κ2) is 5.58. The molecule has 8 heteroatoms. The van der Waals surface area contributed by atoms with Gasteiger partial charge in [-0.3, -0.25) is 14.9 Å². The predicted molar refractivity (Wildman–Crippen MR) is 72.4 cm³/mol. The highest BCUT2D eigenvalue weighted by Gasteiger charge is 2.37. The Kier molecular flexibility index (Phi) is 4.03. The van der Waals surface area contributed by atoms with Gasteiger partial charge in [0.05, 0.1) is 10.5 Å². The van der Waals surface area contributed by atoms with Gasteiger partial charge in [0.2, 0.25) is 0 Å². The van der Waals surface area contributed by atoms with Crippen LogP contribution in [0.3, 0.4) is 0 Å². The third kappa shape index (κ3) is 2.96. The molecule has 0 heterocycles. The standard InChI is InChI=1S/C12H11BrN2O5/c13-9-7(2-1-3-8(9)15(19)20)11(16)14-10(12(17)18)6-4-5-6/h1-3,6,10H,4-5H2,(H,14,16)(H,17,18). The molecule has 1 amide bonds. The van der Waals surface area contributed by atoms with E-state index in [1.807, 2.05) is 0 Å². The first-order valence-corrected chi connectivity index (χ1v) is 6.67. The molecule has 2 N–H and O–H groups in total. The monoisotopic (exact) mass is 342 g/mol. The Bertz CT molecular complexity index is 585. The molecular weight excluding hydrogens is 332 g/mol. The van der Waals surface area contributed by atoms with Crippen LogP contribution in [0.4, 0.5) is 5.69 Å². The van der Waals surface area contributed by atoms with Gasteiger partial charge in [-0.05, 0) is 40.8 Å². The van der Waals surface area contributed by atoms with Crippen molar-refractivity contribution in [1.29, 1.82) is 0 Å². The van der Waals surface area contributed by atoms with Crippen LogP contribution in [0.2, 0.25) is 0 Å². The van der Waals surface area contributed by atoms with E-state index in [4.69, 9.17) is 5.11 Å². The molecule has 20 heavy (non-hydrogen) atoms. The second-order valence-corrected chi connectivity index (χ2v) is 5.32. The summed E-state index contributed by atoms with van der Waals surface area (Å²) in [4.78, 5) is 33.3. The molecule has 1 aliphatic rings. The first-order chi connectivity index (χ1) is 9.41. The maximum absolute atomic E-state index is 12.1. The van der Waals surface area contributed by atoms with Crippen molar-refractivity contribution < 1.29 is 19.6 Å². The van der Waals surface area contributed by atoms with Gasteiger partial charge in [-0.1, -0.05) is 6.07 Å². The Morgan fingerprint density at radius 1 is 1.45 bits per heavy atom. The number of carbonyl (C=O) groups excluding carboxylic acids is 1. The number of halogens is 1. The number of nitrogens with zero attached hydrogens (tertiary/aromatic N) is 1. The maximum Gasteiger partial charge on any atom is 0.326 e. The number of nitro benzene ring substituents is 1. The summed E-state index contributed by atoms with van der Waals surface area (Å²) in [5, 5.41) is 22.3. The highest BCUT2D eigenvalue weighted by molar-refractivity contribution is 9.10. The zero-order valence-electron chi connectivity index (χ0n) is 10.2. The van der Waals surface area contributed by atoms with E-state index in [1.165, 1.54) is 18.2 Å². The fourth-order valence-electron chi connectivity index (χ4n) is 1.87. The molecule has 0 saturated heterocycles. The van der Waals surface area contributed by atoms with Crippen LogP contribution in [0.5, 0.6) is 0 Å². The Labute approximate surface area is 122 Å². The molecule has 0 aliphatic heterocycles. The molecule has 2 rings (SSSR count). The van der Waals surface area contributed by atoms with Crippen molar-refractivity contribution in [2.24, 2.45) is 5.92 Å². The maximum atomic E-state index is 12.1. The van der Waals surface area contributed by atoms with Crippen LogP contribution in [-0.4, -0.2) is 27.9 Å². The Morgan fingerprint density at radius 3 is 2.60 bits per heavy atom. The number of nitro groups is 1. The Hall–Kier alpha value is -1.96. The van der Waals surface area contributed by atoms with Gasteiger partial charge in [-0.15, -0.1) is 0 Å². The Morgan fingerprint density at radius 2 is 2.10 bits per heavy atom. The van der Waals surface area contributed by atoms with Gasteiger partial charge in [0.15, 0.2) is 0 Å². The average molecular weight is 343 g/mol. The van der Waals surface area contributed by atoms with E-state index in [1.54, 1.807) is 0 Å². The number of amides is 1. The van der Waals surface area contributed by atoms with Gasteiger partial charge in [0.1, 0.15) is 10.5 Å². The molecule has 1 aliphatic carbocycles. The van der Waals surface area contributed by atoms with Crippen LogP contribution in [0.25, 0.3) is 0 Å². The number of carboxylic acids is 1. The zero-order chi connectivity index (χ0) is 14.9. The number of hydrogen-bond acceptors (Lipinski definition) is 4. The van der Waals surface area contributed by atoms with Gasteiger partial charge in [-0.25, -0.2) is 4.79 Å². The number of carbonyl (C=O) groups is 2. The number of nitrogens with one attached hydrogen (secondary N) is 1. The lowest BCUT2D eigenvalue weighted by Crippen LogP contribution is -2.42. The normalized spacial score (nSPS) is 15.4. The largest absolute Gasteiger partial charge is 0.480 e. The molecular formula is C12H11BrN2O5. The van der Waals surface area contributed by atoms with Gasteiger partial charge >= 0.3 is 5.97 Å².